The second-order valence-corrected chi connectivity index (χ2v) is 8.72. The average molecular weight is 372 g/mol. The molecule has 5 heteroatoms. The number of hydrogen-bond donors (Lipinski definition) is 0. The summed E-state index contributed by atoms with van der Waals surface area (Å²) in [6.07, 6.45) is 11.4. The molecule has 2 aliphatic heterocycles. The molecule has 27 heavy (non-hydrogen) atoms. The van der Waals surface area contributed by atoms with Crippen LogP contribution in [0.5, 0.6) is 0 Å². The van der Waals surface area contributed by atoms with Gasteiger partial charge in [0.1, 0.15) is 12.1 Å². The zero-order valence-electron chi connectivity index (χ0n) is 17.4. The maximum absolute atomic E-state index is 4.74. The van der Waals surface area contributed by atoms with Gasteiger partial charge in [0.2, 0.25) is 0 Å². The normalized spacial score (nSPS) is 24.6. The van der Waals surface area contributed by atoms with Crippen LogP contribution in [0.4, 0.5) is 5.82 Å². The van der Waals surface area contributed by atoms with E-state index in [1.54, 1.807) is 0 Å². The Morgan fingerprint density at radius 1 is 1.04 bits per heavy atom. The van der Waals surface area contributed by atoms with Crippen LogP contribution < -0.4 is 4.90 Å². The van der Waals surface area contributed by atoms with Gasteiger partial charge in [-0.15, -0.1) is 0 Å². The maximum Gasteiger partial charge on any atom is 0.135 e. The lowest BCUT2D eigenvalue weighted by Gasteiger charge is -2.34. The summed E-state index contributed by atoms with van der Waals surface area (Å²) in [5.74, 6) is 2.14. The highest BCUT2D eigenvalue weighted by atomic mass is 15.3. The van der Waals surface area contributed by atoms with Gasteiger partial charge in [0.15, 0.2) is 0 Å². The molecule has 1 atom stereocenters. The summed E-state index contributed by atoms with van der Waals surface area (Å²) in [5.41, 5.74) is 2.71. The van der Waals surface area contributed by atoms with Gasteiger partial charge in [-0.3, -0.25) is 9.80 Å². The highest BCUT2D eigenvalue weighted by Gasteiger charge is 2.31. The topological polar surface area (TPSA) is 35.5 Å². The van der Waals surface area contributed by atoms with Gasteiger partial charge >= 0.3 is 0 Å². The molecule has 2 fully saturated rings. The molecule has 5 nitrogen and oxygen atoms in total. The van der Waals surface area contributed by atoms with E-state index >= 15 is 0 Å². The lowest BCUT2D eigenvalue weighted by molar-refractivity contribution is 0.184. The average Bonchev–Trinajstić information content (AvgIpc) is 3.19. The van der Waals surface area contributed by atoms with Crippen LogP contribution in [0.3, 0.4) is 0 Å². The summed E-state index contributed by atoms with van der Waals surface area (Å²) >= 11 is 0. The van der Waals surface area contributed by atoms with E-state index in [1.165, 1.54) is 68.7 Å². The predicted octanol–water partition coefficient (Wildman–Crippen LogP) is 3.34. The molecule has 0 amide bonds. The van der Waals surface area contributed by atoms with Crippen LogP contribution in [-0.2, 0) is 13.0 Å². The number of hydrogen-bond acceptors (Lipinski definition) is 5. The zero-order chi connectivity index (χ0) is 18.6. The highest BCUT2D eigenvalue weighted by Crippen LogP contribution is 2.31. The van der Waals surface area contributed by atoms with Gasteiger partial charge in [-0.2, -0.15) is 0 Å². The van der Waals surface area contributed by atoms with E-state index in [2.05, 4.69) is 28.5 Å². The van der Waals surface area contributed by atoms with Crippen LogP contribution in [-0.4, -0.2) is 65.1 Å². The van der Waals surface area contributed by atoms with Gasteiger partial charge < -0.3 is 4.90 Å². The quantitative estimate of drug-likeness (QED) is 0.766. The van der Waals surface area contributed by atoms with Crippen LogP contribution in [0.25, 0.3) is 0 Å². The molecule has 0 N–H and O–H groups in total. The number of anilines is 1. The Bertz CT molecular complexity index is 609. The van der Waals surface area contributed by atoms with Gasteiger partial charge in [0.05, 0.1) is 5.69 Å². The molecule has 0 bridgehead atoms. The van der Waals surface area contributed by atoms with E-state index < -0.39 is 0 Å². The smallest absolute Gasteiger partial charge is 0.135 e. The molecule has 150 valence electrons. The Balaban J connectivity index is 1.42. The molecule has 1 saturated heterocycles. The Labute approximate surface area is 165 Å². The van der Waals surface area contributed by atoms with E-state index in [0.29, 0.717) is 6.04 Å². The van der Waals surface area contributed by atoms with Gasteiger partial charge in [-0.25, -0.2) is 9.97 Å². The number of aromatic nitrogens is 2. The van der Waals surface area contributed by atoms with Crippen molar-refractivity contribution < 1.29 is 0 Å². The number of fused-ring (bicyclic) bond motifs is 1. The van der Waals surface area contributed by atoms with Crippen LogP contribution in [0, 0.1) is 5.92 Å². The molecule has 1 aromatic heterocycles. The maximum atomic E-state index is 4.74. The fraction of sp³-hybridized carbons (Fsp3) is 0.818. The first-order chi connectivity index (χ1) is 13.3. The molecular formula is C22H37N5. The summed E-state index contributed by atoms with van der Waals surface area (Å²) in [5, 5.41) is 0. The van der Waals surface area contributed by atoms with Crippen molar-refractivity contribution in [3.8, 4) is 0 Å². The summed E-state index contributed by atoms with van der Waals surface area (Å²) in [7, 11) is 0. The first kappa shape index (κ1) is 19.1. The van der Waals surface area contributed by atoms with Crippen LogP contribution in [0.15, 0.2) is 6.33 Å². The van der Waals surface area contributed by atoms with Crippen molar-refractivity contribution in [2.75, 3.05) is 44.2 Å². The molecule has 3 aliphatic rings. The van der Waals surface area contributed by atoms with Crippen molar-refractivity contribution in [1.29, 1.82) is 0 Å². The lowest BCUT2D eigenvalue weighted by atomic mass is 9.88. The Hall–Kier alpha value is -1.20. The number of likely N-dealkylation sites (N-methyl/N-ethyl adjacent to an activating group) is 1. The minimum Gasteiger partial charge on any atom is -0.355 e. The van der Waals surface area contributed by atoms with Crippen LogP contribution >= 0.6 is 0 Å². The molecule has 1 aromatic rings. The Morgan fingerprint density at radius 2 is 1.85 bits per heavy atom. The monoisotopic (exact) mass is 371 g/mol. The van der Waals surface area contributed by atoms with E-state index in [4.69, 9.17) is 9.97 Å². The fourth-order valence-electron chi connectivity index (χ4n) is 5.53. The van der Waals surface area contributed by atoms with Crippen molar-refractivity contribution in [1.82, 2.24) is 19.8 Å². The van der Waals surface area contributed by atoms with Gasteiger partial charge in [0.25, 0.3) is 0 Å². The second-order valence-electron chi connectivity index (χ2n) is 8.72. The second kappa shape index (κ2) is 8.87. The van der Waals surface area contributed by atoms with Crippen LogP contribution in [0.2, 0.25) is 0 Å². The highest BCUT2D eigenvalue weighted by molar-refractivity contribution is 5.50. The number of rotatable bonds is 6. The Kier molecular flexibility index (Phi) is 6.28. The molecule has 3 heterocycles. The third-order valence-corrected chi connectivity index (χ3v) is 7.10. The minimum absolute atomic E-state index is 0.678. The zero-order valence-corrected chi connectivity index (χ0v) is 17.4. The molecule has 0 aromatic carbocycles. The SMILES string of the molecule is CCN(CC)C1CCN(c2ncnc3c2CCN(CC2CCCCC2)C3)C1. The van der Waals surface area contributed by atoms with E-state index in [1.807, 2.05) is 6.33 Å². The van der Waals surface area contributed by atoms with Crippen molar-refractivity contribution in [3.63, 3.8) is 0 Å². The van der Waals surface area contributed by atoms with Crippen molar-refractivity contribution in [2.45, 2.75) is 71.4 Å². The lowest BCUT2D eigenvalue weighted by Crippen LogP contribution is -2.39. The van der Waals surface area contributed by atoms with Gasteiger partial charge in [0, 0.05) is 44.3 Å². The first-order valence-electron chi connectivity index (χ1n) is 11.3. The largest absolute Gasteiger partial charge is 0.355 e. The fourth-order valence-corrected chi connectivity index (χ4v) is 5.53. The van der Waals surface area contributed by atoms with Crippen molar-refractivity contribution in [3.05, 3.63) is 17.6 Å². The summed E-state index contributed by atoms with van der Waals surface area (Å²) in [6, 6.07) is 0.678. The summed E-state index contributed by atoms with van der Waals surface area (Å²) in [6.45, 7) is 12.6. The summed E-state index contributed by atoms with van der Waals surface area (Å²) < 4.78 is 0. The first-order valence-corrected chi connectivity index (χ1v) is 11.3. The van der Waals surface area contributed by atoms with Crippen molar-refractivity contribution >= 4 is 5.82 Å². The van der Waals surface area contributed by atoms with Gasteiger partial charge in [-0.1, -0.05) is 33.1 Å². The molecule has 1 aliphatic carbocycles. The molecule has 1 saturated carbocycles. The molecule has 4 rings (SSSR count). The predicted molar refractivity (Wildman–Crippen MR) is 111 cm³/mol. The summed E-state index contributed by atoms with van der Waals surface area (Å²) in [4.78, 5) is 17.2. The molecule has 0 radical (unpaired) electrons. The number of nitrogens with zero attached hydrogens (tertiary/aromatic N) is 5. The third kappa shape index (κ3) is 4.29. The molecule has 1 unspecified atom stereocenters. The molecule has 0 spiro atoms. The van der Waals surface area contributed by atoms with E-state index in [9.17, 15) is 0 Å². The van der Waals surface area contributed by atoms with E-state index in [0.717, 1.165) is 45.1 Å². The van der Waals surface area contributed by atoms with Gasteiger partial charge in [-0.05, 0) is 44.7 Å². The standard InChI is InChI=1S/C22H37N5/c1-3-26(4-2)19-10-13-27(15-19)22-20-11-12-25(16-21(20)23-17-24-22)14-18-8-6-5-7-9-18/h17-19H,3-16H2,1-2H3. The van der Waals surface area contributed by atoms with Crippen molar-refractivity contribution in [2.24, 2.45) is 5.92 Å². The van der Waals surface area contributed by atoms with Crippen LogP contribution in [0.1, 0.15) is 63.6 Å². The Morgan fingerprint density at radius 3 is 2.63 bits per heavy atom. The van der Waals surface area contributed by atoms with E-state index in [-0.39, 0.29) is 0 Å². The molecular weight excluding hydrogens is 334 g/mol. The minimum atomic E-state index is 0.678. The third-order valence-electron chi connectivity index (χ3n) is 7.10.